The van der Waals surface area contributed by atoms with Gasteiger partial charge in [-0.05, 0) is 95.3 Å². The van der Waals surface area contributed by atoms with Crippen LogP contribution in [0, 0.1) is 5.21 Å². The van der Waals surface area contributed by atoms with Gasteiger partial charge >= 0.3 is 12.2 Å². The minimum absolute atomic E-state index is 0.00370. The van der Waals surface area contributed by atoms with Crippen LogP contribution in [-0.4, -0.2) is 34.3 Å². The summed E-state index contributed by atoms with van der Waals surface area (Å²) in [5.74, 6) is 0.959. The van der Waals surface area contributed by atoms with E-state index < -0.39 is 17.3 Å². The van der Waals surface area contributed by atoms with E-state index in [1.165, 1.54) is 17.2 Å². The topological polar surface area (TPSA) is 112 Å². The fourth-order valence-electron chi connectivity index (χ4n) is 4.61. The summed E-state index contributed by atoms with van der Waals surface area (Å²) >= 11 is 0. The molecule has 9 heteroatoms. The third-order valence-electron chi connectivity index (χ3n) is 6.35. The van der Waals surface area contributed by atoms with Gasteiger partial charge in [-0.1, -0.05) is 36.4 Å². The Morgan fingerprint density at radius 3 is 1.98 bits per heavy atom. The summed E-state index contributed by atoms with van der Waals surface area (Å²) in [6, 6.07) is 20.4. The molecule has 0 radical (unpaired) electrons. The molecule has 0 saturated heterocycles. The maximum absolute atomic E-state index is 13.2. The van der Waals surface area contributed by atoms with Crippen LogP contribution in [-0.2, 0) is 28.9 Å². The SMILES string of the molecule is CC(C)(C)OC(=O)Nc1ccc(Oc2ccc(CN(C(=O)OC(C)(C)C)C3Cc4ccccc4C3)cc2)cc1N[O-]. The van der Waals surface area contributed by atoms with Gasteiger partial charge < -0.3 is 29.8 Å². The van der Waals surface area contributed by atoms with Crippen molar-refractivity contribution in [1.82, 2.24) is 4.90 Å². The number of hydrogen-bond acceptors (Lipinski definition) is 7. The number of carbonyl (C=O) groups excluding carboxylic acids is 2. The highest BCUT2D eigenvalue weighted by Gasteiger charge is 2.32. The van der Waals surface area contributed by atoms with Crippen LogP contribution in [0.25, 0.3) is 0 Å². The highest BCUT2D eigenvalue weighted by Crippen LogP contribution is 2.32. The van der Waals surface area contributed by atoms with E-state index in [9.17, 15) is 14.8 Å². The van der Waals surface area contributed by atoms with Gasteiger partial charge in [0, 0.05) is 18.7 Å². The van der Waals surface area contributed by atoms with E-state index in [2.05, 4.69) is 17.4 Å². The maximum atomic E-state index is 13.2. The van der Waals surface area contributed by atoms with Crippen molar-refractivity contribution in [3.8, 4) is 11.5 Å². The van der Waals surface area contributed by atoms with Crippen LogP contribution in [0.3, 0.4) is 0 Å². The minimum atomic E-state index is -0.670. The third-order valence-corrected chi connectivity index (χ3v) is 6.35. The number of carbonyl (C=O) groups is 2. The van der Waals surface area contributed by atoms with Gasteiger partial charge in [0.1, 0.15) is 22.7 Å². The predicted molar refractivity (Wildman–Crippen MR) is 159 cm³/mol. The number of benzene rings is 3. The summed E-state index contributed by atoms with van der Waals surface area (Å²) in [5, 5.41) is 14.1. The fraction of sp³-hybridized carbons (Fsp3) is 0.375. The zero-order valence-electron chi connectivity index (χ0n) is 24.4. The molecule has 0 aromatic heterocycles. The molecule has 0 bridgehead atoms. The molecule has 4 rings (SSSR count). The maximum Gasteiger partial charge on any atom is 0.412 e. The van der Waals surface area contributed by atoms with Gasteiger partial charge in [-0.25, -0.2) is 9.59 Å². The molecule has 0 atom stereocenters. The largest absolute Gasteiger partial charge is 0.761 e. The first-order chi connectivity index (χ1) is 19.3. The third kappa shape index (κ3) is 8.38. The van der Waals surface area contributed by atoms with Gasteiger partial charge in [-0.2, -0.15) is 0 Å². The molecule has 3 aromatic rings. The second-order valence-electron chi connectivity index (χ2n) is 12.1. The second kappa shape index (κ2) is 12.1. The smallest absolute Gasteiger partial charge is 0.412 e. The Bertz CT molecular complexity index is 1350. The zero-order chi connectivity index (χ0) is 29.8. The average Bonchev–Trinajstić information content (AvgIpc) is 3.31. The van der Waals surface area contributed by atoms with Crippen molar-refractivity contribution >= 4 is 23.6 Å². The molecule has 2 N–H and O–H groups in total. The summed E-state index contributed by atoms with van der Waals surface area (Å²) in [7, 11) is 0. The molecule has 3 aromatic carbocycles. The summed E-state index contributed by atoms with van der Waals surface area (Å²) in [4.78, 5) is 27.2. The van der Waals surface area contributed by atoms with Crippen molar-refractivity contribution < 1.29 is 23.8 Å². The zero-order valence-corrected chi connectivity index (χ0v) is 24.4. The molecule has 0 unspecified atom stereocenters. The van der Waals surface area contributed by atoms with Crippen LogP contribution in [0.4, 0.5) is 21.0 Å². The number of rotatable bonds is 7. The summed E-state index contributed by atoms with van der Waals surface area (Å²) in [5.41, 5.74) is 4.41. The monoisotopic (exact) mass is 560 g/mol. The lowest BCUT2D eigenvalue weighted by molar-refractivity contribution is 0.0148. The van der Waals surface area contributed by atoms with Crippen molar-refractivity contribution in [1.29, 1.82) is 0 Å². The Balaban J connectivity index is 1.44. The van der Waals surface area contributed by atoms with Crippen molar-refractivity contribution in [2.24, 2.45) is 0 Å². The van der Waals surface area contributed by atoms with Crippen LogP contribution >= 0.6 is 0 Å². The van der Waals surface area contributed by atoms with Gasteiger partial charge in [0.15, 0.2) is 0 Å². The van der Waals surface area contributed by atoms with Crippen LogP contribution < -0.4 is 15.5 Å². The van der Waals surface area contributed by atoms with Crippen molar-refractivity contribution in [3.05, 3.63) is 88.6 Å². The first kappa shape index (κ1) is 29.7. The molecule has 9 nitrogen and oxygen atoms in total. The Hall–Kier alpha value is -4.24. The van der Waals surface area contributed by atoms with E-state index in [0.717, 1.165) is 18.4 Å². The molecule has 0 spiro atoms. The number of hydrogen-bond donors (Lipinski definition) is 2. The standard InChI is InChI=1S/C32H38N3O6/c1-31(2,3)40-29(36)33-27-16-15-26(19-28(27)34-38)39-25-13-11-21(12-14-25)20-35(30(37)41-32(4,5)6)24-17-22-9-7-8-10-23(22)18-24/h7-16,19,24,34H,17-18,20H2,1-6H3,(H,33,36)/q-1. The predicted octanol–water partition coefficient (Wildman–Crippen LogP) is 7.64. The summed E-state index contributed by atoms with van der Waals surface area (Å²) in [6.07, 6.45) is 0.560. The van der Waals surface area contributed by atoms with Crippen molar-refractivity contribution in [3.63, 3.8) is 0 Å². The Morgan fingerprint density at radius 2 is 1.41 bits per heavy atom. The molecule has 0 aliphatic heterocycles. The molecular weight excluding hydrogens is 522 g/mol. The van der Waals surface area contributed by atoms with E-state index >= 15 is 0 Å². The summed E-state index contributed by atoms with van der Waals surface area (Å²) in [6.45, 7) is 11.3. The van der Waals surface area contributed by atoms with Gasteiger partial charge in [0.05, 0.1) is 11.4 Å². The lowest BCUT2D eigenvalue weighted by Gasteiger charge is -2.31. The highest BCUT2D eigenvalue weighted by molar-refractivity contribution is 5.90. The van der Waals surface area contributed by atoms with E-state index in [1.807, 2.05) is 67.5 Å². The number of ether oxygens (including phenoxy) is 3. The molecule has 1 aliphatic carbocycles. The summed E-state index contributed by atoms with van der Waals surface area (Å²) < 4.78 is 17.0. The van der Waals surface area contributed by atoms with E-state index in [-0.39, 0.29) is 23.5 Å². The van der Waals surface area contributed by atoms with Gasteiger partial charge in [-0.15, -0.1) is 0 Å². The van der Waals surface area contributed by atoms with Gasteiger partial charge in [0.25, 0.3) is 0 Å². The van der Waals surface area contributed by atoms with Crippen LogP contribution in [0.1, 0.15) is 58.2 Å². The van der Waals surface area contributed by atoms with Gasteiger partial charge in [0.2, 0.25) is 0 Å². The first-order valence-electron chi connectivity index (χ1n) is 13.6. The van der Waals surface area contributed by atoms with Crippen LogP contribution in [0.2, 0.25) is 0 Å². The van der Waals surface area contributed by atoms with Crippen LogP contribution in [0.15, 0.2) is 66.7 Å². The molecule has 0 saturated carbocycles. The average molecular weight is 561 g/mol. The molecule has 0 heterocycles. The fourth-order valence-corrected chi connectivity index (χ4v) is 4.61. The number of nitrogens with one attached hydrogen (secondary N) is 2. The van der Waals surface area contributed by atoms with E-state index in [4.69, 9.17) is 14.2 Å². The molecule has 218 valence electrons. The molecule has 41 heavy (non-hydrogen) atoms. The minimum Gasteiger partial charge on any atom is -0.761 e. The number of anilines is 2. The quantitative estimate of drug-likeness (QED) is 0.286. The molecule has 2 amide bonds. The Morgan fingerprint density at radius 1 is 0.829 bits per heavy atom. The lowest BCUT2D eigenvalue weighted by atomic mass is 10.1. The second-order valence-corrected chi connectivity index (χ2v) is 12.1. The normalized spacial score (nSPS) is 13.2. The lowest BCUT2D eigenvalue weighted by Crippen LogP contribution is -2.43. The van der Waals surface area contributed by atoms with Gasteiger partial charge in [-0.3, -0.25) is 5.32 Å². The first-order valence-corrected chi connectivity index (χ1v) is 13.6. The van der Waals surface area contributed by atoms with E-state index in [0.29, 0.717) is 18.0 Å². The number of nitrogens with zero attached hydrogens (tertiary/aromatic N) is 1. The Labute approximate surface area is 241 Å². The van der Waals surface area contributed by atoms with E-state index in [1.54, 1.807) is 32.9 Å². The highest BCUT2D eigenvalue weighted by atomic mass is 16.6. The van der Waals surface area contributed by atoms with Crippen molar-refractivity contribution in [2.45, 2.75) is 78.2 Å². The molecule has 0 fully saturated rings. The van der Waals surface area contributed by atoms with Crippen LogP contribution in [0.5, 0.6) is 11.5 Å². The molecular formula is C32H38N3O6-. The Kier molecular flexibility index (Phi) is 8.77. The molecule has 1 aliphatic rings. The van der Waals surface area contributed by atoms with Crippen molar-refractivity contribution in [2.75, 3.05) is 10.8 Å². The number of amides is 2. The number of fused-ring (bicyclic) bond motifs is 1.